The van der Waals surface area contributed by atoms with Crippen molar-refractivity contribution < 1.29 is 14.3 Å². The molecule has 0 fully saturated rings. The summed E-state index contributed by atoms with van der Waals surface area (Å²) in [4.78, 5) is 4.29. The molecule has 0 spiro atoms. The number of hydrogen-bond donors (Lipinski definition) is 1. The van der Waals surface area contributed by atoms with Crippen LogP contribution >= 0.6 is 0 Å². The molecule has 1 N–H and O–H groups in total. The molecule has 0 amide bonds. The van der Waals surface area contributed by atoms with Crippen molar-refractivity contribution in [1.29, 1.82) is 0 Å². The summed E-state index contributed by atoms with van der Waals surface area (Å²) in [5, 5.41) is 9.09. The Morgan fingerprint density at radius 3 is 2.17 bits per heavy atom. The molecule has 0 saturated carbocycles. The minimum atomic E-state index is -0.128. The van der Waals surface area contributed by atoms with E-state index in [4.69, 9.17) is 14.3 Å². The number of ether oxygens (including phenoxy) is 1. The van der Waals surface area contributed by atoms with Crippen molar-refractivity contribution in [3.8, 4) is 17.2 Å². The summed E-state index contributed by atoms with van der Waals surface area (Å²) in [6, 6.07) is 7.63. The fourth-order valence-electron chi connectivity index (χ4n) is 1.73. The lowest BCUT2D eigenvalue weighted by Gasteiger charge is -2.05. The average molecular weight is 321 g/mol. The highest BCUT2D eigenvalue weighted by atomic mass is 16.5. The molecule has 0 radical (unpaired) electrons. The molecule has 0 saturated heterocycles. The van der Waals surface area contributed by atoms with E-state index >= 15 is 0 Å². The van der Waals surface area contributed by atoms with Gasteiger partial charge in [0.2, 0.25) is 5.89 Å². The van der Waals surface area contributed by atoms with Crippen molar-refractivity contribution in [2.75, 3.05) is 6.61 Å². The van der Waals surface area contributed by atoms with Gasteiger partial charge in [-0.25, -0.2) is 4.98 Å². The van der Waals surface area contributed by atoms with Gasteiger partial charge >= 0.3 is 0 Å². The van der Waals surface area contributed by atoms with Crippen LogP contribution in [0.5, 0.6) is 5.75 Å². The Labute approximate surface area is 140 Å². The van der Waals surface area contributed by atoms with Crippen molar-refractivity contribution >= 4 is 0 Å². The van der Waals surface area contributed by atoms with E-state index < -0.39 is 0 Å². The first kappa shape index (κ1) is 21.2. The second-order valence-electron chi connectivity index (χ2n) is 4.41. The van der Waals surface area contributed by atoms with Crippen LogP contribution in [0.15, 0.2) is 28.7 Å². The molecule has 4 heteroatoms. The zero-order chi connectivity index (χ0) is 17.7. The SMILES string of the molecule is CC.CC.CCCCOc1ccc(-c2nc(C)c(CO)o2)cc1. The van der Waals surface area contributed by atoms with Crippen LogP contribution in [0, 0.1) is 6.92 Å². The molecule has 0 aliphatic carbocycles. The number of hydrogen-bond acceptors (Lipinski definition) is 4. The highest BCUT2D eigenvalue weighted by molar-refractivity contribution is 5.55. The van der Waals surface area contributed by atoms with E-state index in [2.05, 4.69) is 11.9 Å². The molecule has 130 valence electrons. The van der Waals surface area contributed by atoms with E-state index in [0.29, 0.717) is 11.7 Å². The zero-order valence-corrected chi connectivity index (χ0v) is 15.3. The summed E-state index contributed by atoms with van der Waals surface area (Å²) in [7, 11) is 0. The maximum atomic E-state index is 9.09. The van der Waals surface area contributed by atoms with Crippen molar-refractivity contribution in [2.24, 2.45) is 0 Å². The summed E-state index contributed by atoms with van der Waals surface area (Å²) in [6.07, 6.45) is 2.18. The lowest BCUT2D eigenvalue weighted by Crippen LogP contribution is -1.95. The third-order valence-electron chi connectivity index (χ3n) is 2.90. The van der Waals surface area contributed by atoms with Crippen LogP contribution in [0.25, 0.3) is 11.5 Å². The first-order chi connectivity index (χ1) is 11.2. The largest absolute Gasteiger partial charge is 0.494 e. The Balaban J connectivity index is 0.00000112. The lowest BCUT2D eigenvalue weighted by atomic mass is 10.2. The van der Waals surface area contributed by atoms with Gasteiger partial charge in [-0.2, -0.15) is 0 Å². The van der Waals surface area contributed by atoms with E-state index in [1.54, 1.807) is 0 Å². The van der Waals surface area contributed by atoms with Gasteiger partial charge in [0.15, 0.2) is 5.76 Å². The smallest absolute Gasteiger partial charge is 0.226 e. The highest BCUT2D eigenvalue weighted by Crippen LogP contribution is 2.24. The van der Waals surface area contributed by atoms with Gasteiger partial charge < -0.3 is 14.3 Å². The van der Waals surface area contributed by atoms with E-state index in [1.165, 1.54) is 0 Å². The minimum absolute atomic E-state index is 0.128. The first-order valence-corrected chi connectivity index (χ1v) is 8.55. The standard InChI is InChI=1S/C15H19NO3.2C2H6/c1-3-4-9-18-13-7-5-12(6-8-13)15-16-11(2)14(10-17)19-15;2*1-2/h5-8,17H,3-4,9-10H2,1-2H3;2*1-2H3. The quantitative estimate of drug-likeness (QED) is 0.726. The monoisotopic (exact) mass is 321 g/mol. The number of rotatable bonds is 6. The molecule has 0 aliphatic heterocycles. The van der Waals surface area contributed by atoms with Gasteiger partial charge in [0, 0.05) is 5.56 Å². The van der Waals surface area contributed by atoms with Crippen LogP contribution in [-0.4, -0.2) is 16.7 Å². The van der Waals surface area contributed by atoms with Gasteiger partial charge in [-0.05, 0) is 37.6 Å². The lowest BCUT2D eigenvalue weighted by molar-refractivity contribution is 0.247. The van der Waals surface area contributed by atoms with Crippen LogP contribution in [-0.2, 0) is 6.61 Å². The van der Waals surface area contributed by atoms with Crippen LogP contribution in [0.2, 0.25) is 0 Å². The number of oxazole rings is 1. The number of aliphatic hydroxyl groups excluding tert-OH is 1. The molecule has 0 aliphatic rings. The molecule has 4 nitrogen and oxygen atoms in total. The van der Waals surface area contributed by atoms with E-state index in [1.807, 2.05) is 58.9 Å². The van der Waals surface area contributed by atoms with Gasteiger partial charge in [-0.1, -0.05) is 41.0 Å². The third kappa shape index (κ3) is 6.87. The molecule has 23 heavy (non-hydrogen) atoms. The Morgan fingerprint density at radius 2 is 1.70 bits per heavy atom. The summed E-state index contributed by atoms with van der Waals surface area (Å²) in [6.45, 7) is 12.6. The van der Waals surface area contributed by atoms with Crippen molar-refractivity contribution in [3.63, 3.8) is 0 Å². The Bertz CT molecular complexity index is 518. The highest BCUT2D eigenvalue weighted by Gasteiger charge is 2.10. The van der Waals surface area contributed by atoms with Crippen LogP contribution < -0.4 is 4.74 Å². The Kier molecular flexibility index (Phi) is 11.7. The normalized spacial score (nSPS) is 9.35. The topological polar surface area (TPSA) is 55.5 Å². The average Bonchev–Trinajstić information content (AvgIpc) is 3.00. The fraction of sp³-hybridized carbons (Fsp3) is 0.526. The number of nitrogens with zero attached hydrogens (tertiary/aromatic N) is 1. The zero-order valence-electron chi connectivity index (χ0n) is 15.3. The predicted molar refractivity (Wildman–Crippen MR) is 95.7 cm³/mol. The number of benzene rings is 1. The molecular weight excluding hydrogens is 290 g/mol. The Hall–Kier alpha value is -1.81. The van der Waals surface area contributed by atoms with Gasteiger partial charge in [-0.15, -0.1) is 0 Å². The molecule has 0 atom stereocenters. The minimum Gasteiger partial charge on any atom is -0.494 e. The maximum absolute atomic E-state index is 9.09. The second kappa shape index (κ2) is 12.7. The number of unbranched alkanes of at least 4 members (excludes halogenated alkanes) is 1. The number of aliphatic hydroxyl groups is 1. The van der Waals surface area contributed by atoms with Gasteiger partial charge in [-0.3, -0.25) is 0 Å². The molecule has 1 aromatic heterocycles. The molecular formula is C19H31NO3. The van der Waals surface area contributed by atoms with E-state index in [9.17, 15) is 0 Å². The molecule has 2 rings (SSSR count). The fourth-order valence-corrected chi connectivity index (χ4v) is 1.73. The van der Waals surface area contributed by atoms with Gasteiger partial charge in [0.25, 0.3) is 0 Å². The molecule has 0 bridgehead atoms. The molecule has 2 aromatic rings. The summed E-state index contributed by atoms with van der Waals surface area (Å²) >= 11 is 0. The van der Waals surface area contributed by atoms with E-state index in [-0.39, 0.29) is 6.61 Å². The summed E-state index contributed by atoms with van der Waals surface area (Å²) in [5.41, 5.74) is 1.60. The molecule has 1 aromatic carbocycles. The Morgan fingerprint density at radius 1 is 1.09 bits per heavy atom. The van der Waals surface area contributed by atoms with Crippen LogP contribution in [0.4, 0.5) is 0 Å². The molecule has 0 unspecified atom stereocenters. The predicted octanol–water partition coefficient (Wildman–Crippen LogP) is 5.37. The summed E-state index contributed by atoms with van der Waals surface area (Å²) < 4.78 is 11.1. The van der Waals surface area contributed by atoms with E-state index in [0.717, 1.165) is 36.5 Å². The third-order valence-corrected chi connectivity index (χ3v) is 2.90. The van der Waals surface area contributed by atoms with Crippen LogP contribution in [0.1, 0.15) is 58.9 Å². The maximum Gasteiger partial charge on any atom is 0.226 e. The summed E-state index contributed by atoms with van der Waals surface area (Å²) in [5.74, 6) is 1.89. The van der Waals surface area contributed by atoms with Crippen molar-refractivity contribution in [1.82, 2.24) is 4.98 Å². The number of aromatic nitrogens is 1. The first-order valence-electron chi connectivity index (χ1n) is 8.55. The van der Waals surface area contributed by atoms with Gasteiger partial charge in [0.1, 0.15) is 12.4 Å². The second-order valence-corrected chi connectivity index (χ2v) is 4.41. The molecule has 1 heterocycles. The van der Waals surface area contributed by atoms with Gasteiger partial charge in [0.05, 0.1) is 12.3 Å². The van der Waals surface area contributed by atoms with Crippen LogP contribution in [0.3, 0.4) is 0 Å². The van der Waals surface area contributed by atoms with Crippen molar-refractivity contribution in [3.05, 3.63) is 35.7 Å². The number of aryl methyl sites for hydroxylation is 1. The van der Waals surface area contributed by atoms with Crippen molar-refractivity contribution in [2.45, 2.75) is 61.0 Å².